The van der Waals surface area contributed by atoms with Gasteiger partial charge in [-0.1, -0.05) is 43.7 Å². The minimum Gasteiger partial charge on any atom is -0.462 e. The van der Waals surface area contributed by atoms with E-state index in [4.69, 9.17) is 14.2 Å². The summed E-state index contributed by atoms with van der Waals surface area (Å²) >= 11 is 0. The van der Waals surface area contributed by atoms with Crippen LogP contribution in [0.4, 0.5) is 0 Å². The second kappa shape index (κ2) is 10.7. The molecule has 0 amide bonds. The molecule has 1 heterocycles. The molecule has 28 heavy (non-hydrogen) atoms. The van der Waals surface area contributed by atoms with Gasteiger partial charge in [-0.15, -0.1) is 0 Å². The molecule has 2 aromatic rings. The zero-order chi connectivity index (χ0) is 20.5. The molecule has 0 radical (unpaired) electrons. The summed E-state index contributed by atoms with van der Waals surface area (Å²) < 4.78 is 17.8. The summed E-state index contributed by atoms with van der Waals surface area (Å²) in [7, 11) is 0. The fourth-order valence-corrected chi connectivity index (χ4v) is 3.15. The summed E-state index contributed by atoms with van der Waals surface area (Å²) in [6.45, 7) is 8.76. The first-order valence-corrected chi connectivity index (χ1v) is 9.77. The van der Waals surface area contributed by atoms with Crippen molar-refractivity contribution in [1.29, 1.82) is 0 Å². The molecule has 0 aliphatic carbocycles. The fourth-order valence-electron chi connectivity index (χ4n) is 3.15. The van der Waals surface area contributed by atoms with Gasteiger partial charge in [0.05, 0.1) is 18.8 Å². The van der Waals surface area contributed by atoms with Crippen LogP contribution in [0.3, 0.4) is 0 Å². The number of rotatable bonds is 10. The molecular formula is C22H29NO5. The van der Waals surface area contributed by atoms with Crippen LogP contribution in [0.5, 0.6) is 0 Å². The number of benzene rings is 1. The second-order valence-corrected chi connectivity index (χ2v) is 6.33. The van der Waals surface area contributed by atoms with E-state index in [1.165, 1.54) is 0 Å². The largest absolute Gasteiger partial charge is 0.462 e. The predicted molar refractivity (Wildman–Crippen MR) is 107 cm³/mol. The van der Waals surface area contributed by atoms with Gasteiger partial charge in [-0.3, -0.25) is 0 Å². The Morgan fingerprint density at radius 2 is 1.71 bits per heavy atom. The van der Waals surface area contributed by atoms with Crippen molar-refractivity contribution in [2.24, 2.45) is 0 Å². The summed E-state index contributed by atoms with van der Waals surface area (Å²) in [4.78, 5) is 25.6. The lowest BCUT2D eigenvalue weighted by Gasteiger charge is -2.11. The highest BCUT2D eigenvalue weighted by Crippen LogP contribution is 2.34. The van der Waals surface area contributed by atoms with Crippen LogP contribution in [0.15, 0.2) is 30.3 Å². The van der Waals surface area contributed by atoms with Crippen molar-refractivity contribution in [3.8, 4) is 11.1 Å². The Hall–Kier alpha value is -2.60. The maximum absolute atomic E-state index is 12.9. The van der Waals surface area contributed by atoms with Crippen molar-refractivity contribution >= 4 is 11.9 Å². The summed E-state index contributed by atoms with van der Waals surface area (Å²) in [5.74, 6) is -0.963. The Morgan fingerprint density at radius 1 is 1.00 bits per heavy atom. The molecule has 6 heteroatoms. The molecule has 0 unspecified atom stereocenters. The van der Waals surface area contributed by atoms with Crippen LogP contribution >= 0.6 is 0 Å². The van der Waals surface area contributed by atoms with Crippen LogP contribution in [0.2, 0.25) is 0 Å². The first-order valence-electron chi connectivity index (χ1n) is 9.77. The van der Waals surface area contributed by atoms with Crippen LogP contribution in [0, 0.1) is 6.92 Å². The van der Waals surface area contributed by atoms with Crippen LogP contribution in [0.1, 0.15) is 60.2 Å². The summed E-state index contributed by atoms with van der Waals surface area (Å²) in [5, 5.41) is 0. The Morgan fingerprint density at radius 3 is 2.32 bits per heavy atom. The van der Waals surface area contributed by atoms with Crippen molar-refractivity contribution in [2.75, 3.05) is 20.0 Å². The lowest BCUT2D eigenvalue weighted by molar-refractivity contribution is -0.0327. The third-order valence-corrected chi connectivity index (χ3v) is 4.49. The quantitative estimate of drug-likeness (QED) is 0.339. The van der Waals surface area contributed by atoms with E-state index in [0.717, 1.165) is 18.4 Å². The van der Waals surface area contributed by atoms with Gasteiger partial charge in [0, 0.05) is 17.8 Å². The zero-order valence-corrected chi connectivity index (χ0v) is 17.1. The molecule has 0 N–H and O–H groups in total. The number of hydrogen-bond acceptors (Lipinski definition) is 5. The van der Waals surface area contributed by atoms with E-state index in [0.29, 0.717) is 35.7 Å². The minimum atomic E-state index is -0.518. The zero-order valence-electron chi connectivity index (χ0n) is 17.1. The number of unbranched alkanes of at least 4 members (excludes halogenated alkanes) is 1. The van der Waals surface area contributed by atoms with Gasteiger partial charge < -0.3 is 18.8 Å². The maximum Gasteiger partial charge on any atom is 0.357 e. The normalized spacial score (nSPS) is 10.7. The number of aromatic nitrogens is 1. The third-order valence-electron chi connectivity index (χ3n) is 4.49. The molecule has 0 aliphatic heterocycles. The van der Waals surface area contributed by atoms with Crippen molar-refractivity contribution in [3.63, 3.8) is 0 Å². The first-order chi connectivity index (χ1) is 13.6. The number of ether oxygens (including phenoxy) is 3. The Labute approximate surface area is 166 Å². The summed E-state index contributed by atoms with van der Waals surface area (Å²) in [5.41, 5.74) is 2.72. The molecule has 0 saturated heterocycles. The second-order valence-electron chi connectivity index (χ2n) is 6.33. The van der Waals surface area contributed by atoms with Crippen molar-refractivity contribution < 1.29 is 23.8 Å². The molecule has 0 atom stereocenters. The molecule has 0 bridgehead atoms. The van der Waals surface area contributed by atoms with Gasteiger partial charge >= 0.3 is 11.9 Å². The van der Waals surface area contributed by atoms with E-state index in [9.17, 15) is 9.59 Å². The highest BCUT2D eigenvalue weighted by atomic mass is 16.7. The van der Waals surface area contributed by atoms with Gasteiger partial charge in [0.1, 0.15) is 5.69 Å². The van der Waals surface area contributed by atoms with Crippen molar-refractivity contribution in [3.05, 3.63) is 47.3 Å². The maximum atomic E-state index is 12.9. The molecule has 6 nitrogen and oxygen atoms in total. The van der Waals surface area contributed by atoms with E-state index >= 15 is 0 Å². The molecule has 0 spiro atoms. The molecule has 0 aliphatic rings. The Bertz CT molecular complexity index is 795. The summed E-state index contributed by atoms with van der Waals surface area (Å²) in [6.07, 6.45) is 1.91. The number of nitrogens with zero attached hydrogens (tertiary/aromatic N) is 1. The molecule has 0 fully saturated rings. The SMILES string of the molecule is CCCCOCOC(=O)c1c(-c2ccccc2)c(C(=O)OCC)c(C)n1CC. The standard InChI is InChI=1S/C22H29NO5/c1-5-8-14-26-15-28-22(25)20-19(17-12-10-9-11-13-17)18(21(24)27-7-3)16(4)23(20)6-2/h9-13H,5-8,14-15H2,1-4H3. The van der Waals surface area contributed by atoms with Crippen LogP contribution in [-0.2, 0) is 20.8 Å². The Kier molecular flexibility index (Phi) is 8.26. The lowest BCUT2D eigenvalue weighted by atomic mass is 10.00. The molecular weight excluding hydrogens is 358 g/mol. The first kappa shape index (κ1) is 21.7. The van der Waals surface area contributed by atoms with E-state index < -0.39 is 11.9 Å². The number of hydrogen-bond donors (Lipinski definition) is 0. The highest BCUT2D eigenvalue weighted by molar-refractivity contribution is 6.06. The number of carbonyl (C=O) groups is 2. The van der Waals surface area contributed by atoms with Crippen molar-refractivity contribution in [1.82, 2.24) is 4.57 Å². The topological polar surface area (TPSA) is 66.8 Å². The van der Waals surface area contributed by atoms with E-state index in [2.05, 4.69) is 6.92 Å². The molecule has 1 aromatic heterocycles. The number of esters is 2. The van der Waals surface area contributed by atoms with Crippen LogP contribution in [-0.4, -0.2) is 36.5 Å². The van der Waals surface area contributed by atoms with Gasteiger partial charge in [-0.2, -0.15) is 0 Å². The third kappa shape index (κ3) is 4.81. The summed E-state index contributed by atoms with van der Waals surface area (Å²) in [6, 6.07) is 9.35. The van der Waals surface area contributed by atoms with Gasteiger partial charge in [-0.05, 0) is 32.8 Å². The molecule has 2 rings (SSSR count). The van der Waals surface area contributed by atoms with Gasteiger partial charge in [0.2, 0.25) is 0 Å². The Balaban J connectivity index is 2.49. The minimum absolute atomic E-state index is 0.115. The highest BCUT2D eigenvalue weighted by Gasteiger charge is 2.30. The molecule has 152 valence electrons. The van der Waals surface area contributed by atoms with Gasteiger partial charge in [-0.25, -0.2) is 9.59 Å². The smallest absolute Gasteiger partial charge is 0.357 e. The van der Waals surface area contributed by atoms with E-state index in [1.54, 1.807) is 11.5 Å². The van der Waals surface area contributed by atoms with E-state index in [-0.39, 0.29) is 13.4 Å². The van der Waals surface area contributed by atoms with E-state index in [1.807, 2.05) is 44.2 Å². The van der Waals surface area contributed by atoms with Gasteiger partial charge in [0.15, 0.2) is 6.79 Å². The molecule has 0 saturated carbocycles. The van der Waals surface area contributed by atoms with Crippen LogP contribution < -0.4 is 0 Å². The lowest BCUT2D eigenvalue weighted by Crippen LogP contribution is -2.15. The predicted octanol–water partition coefficient (Wildman–Crippen LogP) is 4.59. The monoisotopic (exact) mass is 387 g/mol. The van der Waals surface area contributed by atoms with Gasteiger partial charge in [0.25, 0.3) is 0 Å². The average molecular weight is 387 g/mol. The molecule has 1 aromatic carbocycles. The average Bonchev–Trinajstić information content (AvgIpc) is 3.00. The van der Waals surface area contributed by atoms with Crippen molar-refractivity contribution in [2.45, 2.75) is 47.1 Å². The fraction of sp³-hybridized carbons (Fsp3) is 0.455. The van der Waals surface area contributed by atoms with Crippen LogP contribution in [0.25, 0.3) is 11.1 Å². The number of carbonyl (C=O) groups excluding carboxylic acids is 2.